The number of rotatable bonds is 2. The van der Waals surface area contributed by atoms with E-state index in [-0.39, 0.29) is 12.3 Å². The maximum atomic E-state index is 5.83. The predicted molar refractivity (Wildman–Crippen MR) is 61.2 cm³/mol. The highest BCUT2D eigenvalue weighted by Crippen LogP contribution is 2.25. The van der Waals surface area contributed by atoms with Gasteiger partial charge in [0, 0.05) is 0 Å². The molecular weight excluding hydrogens is 218 g/mol. The van der Waals surface area contributed by atoms with E-state index in [0.29, 0.717) is 5.65 Å². The van der Waals surface area contributed by atoms with Crippen LogP contribution in [0.3, 0.4) is 0 Å². The van der Waals surface area contributed by atoms with Gasteiger partial charge in [0.05, 0.1) is 18.1 Å². The first-order chi connectivity index (χ1) is 8.29. The van der Waals surface area contributed by atoms with E-state index in [1.54, 1.807) is 6.33 Å². The second-order valence-electron chi connectivity index (χ2n) is 4.06. The summed E-state index contributed by atoms with van der Waals surface area (Å²) in [5.74, 6) is 0. The van der Waals surface area contributed by atoms with Crippen molar-refractivity contribution in [3.8, 4) is 0 Å². The molecule has 3 heterocycles. The summed E-state index contributed by atoms with van der Waals surface area (Å²) in [4.78, 5) is 4.30. The fraction of sp³-hybridized carbons (Fsp3) is 0.455. The topological polar surface area (TPSA) is 65.7 Å². The molecule has 1 aliphatic heterocycles. The standard InChI is InChI=1S/C11H13N5O/c1-3-8-4-5-9(17-8)16-6-12-10-7(2)13-15-14-11(10)16/h4-6,8-9H,3H2,1-2H3/t8-,9-/m1/s1. The van der Waals surface area contributed by atoms with Gasteiger partial charge in [-0.15, -0.1) is 10.2 Å². The third-order valence-corrected chi connectivity index (χ3v) is 2.93. The average Bonchev–Trinajstić information content (AvgIpc) is 2.94. The Morgan fingerprint density at radius 3 is 3.00 bits per heavy atom. The van der Waals surface area contributed by atoms with Crippen LogP contribution in [0.2, 0.25) is 0 Å². The van der Waals surface area contributed by atoms with E-state index in [1.165, 1.54) is 0 Å². The molecule has 6 heteroatoms. The van der Waals surface area contributed by atoms with Crippen LogP contribution in [-0.2, 0) is 4.74 Å². The van der Waals surface area contributed by atoms with Crippen LogP contribution in [0.4, 0.5) is 0 Å². The molecule has 0 aromatic carbocycles. The normalized spacial score (nSPS) is 23.6. The van der Waals surface area contributed by atoms with E-state index < -0.39 is 0 Å². The summed E-state index contributed by atoms with van der Waals surface area (Å²) in [6.07, 6.45) is 6.81. The van der Waals surface area contributed by atoms with Crippen molar-refractivity contribution in [2.45, 2.75) is 32.6 Å². The van der Waals surface area contributed by atoms with E-state index in [0.717, 1.165) is 17.6 Å². The monoisotopic (exact) mass is 231 g/mol. The molecule has 0 fully saturated rings. The lowest BCUT2D eigenvalue weighted by atomic mass is 10.3. The minimum absolute atomic E-state index is 0.138. The molecule has 17 heavy (non-hydrogen) atoms. The lowest BCUT2D eigenvalue weighted by molar-refractivity contribution is 0.0189. The van der Waals surface area contributed by atoms with Crippen LogP contribution < -0.4 is 0 Å². The van der Waals surface area contributed by atoms with Crippen molar-refractivity contribution in [3.05, 3.63) is 24.2 Å². The van der Waals surface area contributed by atoms with Crippen molar-refractivity contribution in [1.29, 1.82) is 0 Å². The minimum atomic E-state index is -0.138. The highest BCUT2D eigenvalue weighted by Gasteiger charge is 2.21. The third-order valence-electron chi connectivity index (χ3n) is 2.93. The Labute approximate surface area is 98.3 Å². The van der Waals surface area contributed by atoms with Crippen molar-refractivity contribution in [1.82, 2.24) is 25.0 Å². The number of nitrogens with zero attached hydrogens (tertiary/aromatic N) is 5. The summed E-state index contributed by atoms with van der Waals surface area (Å²) >= 11 is 0. The lowest BCUT2D eigenvalue weighted by Crippen LogP contribution is -2.11. The Balaban J connectivity index is 2.02. The molecule has 3 rings (SSSR count). The Hall–Kier alpha value is -1.82. The first-order valence-electron chi connectivity index (χ1n) is 5.66. The first kappa shape index (κ1) is 10.3. The van der Waals surface area contributed by atoms with Gasteiger partial charge in [0.25, 0.3) is 0 Å². The van der Waals surface area contributed by atoms with Crippen LogP contribution in [0.15, 0.2) is 18.5 Å². The third kappa shape index (κ3) is 1.61. The maximum absolute atomic E-state index is 5.83. The second-order valence-corrected chi connectivity index (χ2v) is 4.06. The van der Waals surface area contributed by atoms with Crippen LogP contribution in [0.1, 0.15) is 25.3 Å². The largest absolute Gasteiger partial charge is 0.347 e. The smallest absolute Gasteiger partial charge is 0.188 e. The molecule has 0 bridgehead atoms. The molecule has 1 aliphatic rings. The van der Waals surface area contributed by atoms with Gasteiger partial charge in [-0.1, -0.05) is 13.0 Å². The molecule has 2 aromatic heterocycles. The maximum Gasteiger partial charge on any atom is 0.188 e. The van der Waals surface area contributed by atoms with Crippen molar-refractivity contribution in [2.75, 3.05) is 0 Å². The van der Waals surface area contributed by atoms with Crippen LogP contribution in [0, 0.1) is 6.92 Å². The molecule has 2 atom stereocenters. The van der Waals surface area contributed by atoms with E-state index in [9.17, 15) is 0 Å². The quantitative estimate of drug-likeness (QED) is 0.731. The minimum Gasteiger partial charge on any atom is -0.347 e. The highest BCUT2D eigenvalue weighted by atomic mass is 16.5. The molecule has 0 N–H and O–H groups in total. The van der Waals surface area contributed by atoms with Gasteiger partial charge in [-0.25, -0.2) is 4.98 Å². The number of aryl methyl sites for hydroxylation is 1. The predicted octanol–water partition coefficient (Wildman–Crippen LogP) is 1.39. The number of ether oxygens (including phenoxy) is 1. The Morgan fingerprint density at radius 2 is 2.24 bits per heavy atom. The van der Waals surface area contributed by atoms with Crippen molar-refractivity contribution < 1.29 is 4.74 Å². The molecular formula is C11H13N5O. The van der Waals surface area contributed by atoms with Crippen LogP contribution in [-0.4, -0.2) is 31.1 Å². The Bertz CT molecular complexity index is 576. The van der Waals surface area contributed by atoms with Gasteiger partial charge in [0.2, 0.25) is 0 Å². The van der Waals surface area contributed by atoms with Crippen molar-refractivity contribution in [3.63, 3.8) is 0 Å². The summed E-state index contributed by atoms with van der Waals surface area (Å²) in [7, 11) is 0. The van der Waals surface area contributed by atoms with E-state index in [1.807, 2.05) is 17.6 Å². The Kier molecular flexibility index (Phi) is 2.36. The molecule has 88 valence electrons. The van der Waals surface area contributed by atoms with Crippen LogP contribution in [0.25, 0.3) is 11.2 Å². The SMILES string of the molecule is CC[C@@H]1C=C[C@H](n2cnc3c(C)nnnc32)O1. The first-order valence-corrected chi connectivity index (χ1v) is 5.66. The summed E-state index contributed by atoms with van der Waals surface area (Å²) in [6.45, 7) is 3.96. The lowest BCUT2D eigenvalue weighted by Gasteiger charge is -2.13. The summed E-state index contributed by atoms with van der Waals surface area (Å²) in [5, 5.41) is 11.6. The fourth-order valence-electron chi connectivity index (χ4n) is 1.95. The van der Waals surface area contributed by atoms with E-state index in [2.05, 4.69) is 33.4 Å². The molecule has 0 aliphatic carbocycles. The molecule has 6 nitrogen and oxygen atoms in total. The Morgan fingerprint density at radius 1 is 1.35 bits per heavy atom. The molecule has 0 spiro atoms. The average molecular weight is 231 g/mol. The number of imidazole rings is 1. The molecule has 2 aromatic rings. The van der Waals surface area contributed by atoms with Gasteiger partial charge in [-0.05, 0) is 24.6 Å². The van der Waals surface area contributed by atoms with Crippen molar-refractivity contribution in [2.24, 2.45) is 0 Å². The second kappa shape index (κ2) is 3.89. The number of fused-ring (bicyclic) bond motifs is 1. The van der Waals surface area contributed by atoms with Crippen LogP contribution >= 0.6 is 0 Å². The zero-order valence-corrected chi connectivity index (χ0v) is 9.74. The molecule has 0 saturated carbocycles. The summed E-state index contributed by atoms with van der Waals surface area (Å²) in [5.41, 5.74) is 2.27. The fourth-order valence-corrected chi connectivity index (χ4v) is 1.95. The summed E-state index contributed by atoms with van der Waals surface area (Å²) < 4.78 is 7.70. The van der Waals surface area contributed by atoms with E-state index >= 15 is 0 Å². The molecule has 0 saturated heterocycles. The van der Waals surface area contributed by atoms with E-state index in [4.69, 9.17) is 4.74 Å². The highest BCUT2D eigenvalue weighted by molar-refractivity contribution is 5.72. The number of hydrogen-bond donors (Lipinski definition) is 0. The molecule has 0 amide bonds. The van der Waals surface area contributed by atoms with Gasteiger partial charge in [-0.3, -0.25) is 4.57 Å². The van der Waals surface area contributed by atoms with Gasteiger partial charge >= 0.3 is 0 Å². The zero-order chi connectivity index (χ0) is 11.8. The zero-order valence-electron chi connectivity index (χ0n) is 9.74. The molecule has 0 radical (unpaired) electrons. The van der Waals surface area contributed by atoms with Crippen molar-refractivity contribution >= 4 is 11.2 Å². The van der Waals surface area contributed by atoms with Gasteiger partial charge in [0.1, 0.15) is 5.52 Å². The number of hydrogen-bond acceptors (Lipinski definition) is 5. The van der Waals surface area contributed by atoms with Gasteiger partial charge < -0.3 is 4.74 Å². The number of aromatic nitrogens is 5. The van der Waals surface area contributed by atoms with Gasteiger partial charge in [-0.2, -0.15) is 0 Å². The summed E-state index contributed by atoms with van der Waals surface area (Å²) in [6, 6.07) is 0. The molecule has 0 unspecified atom stereocenters. The van der Waals surface area contributed by atoms with Crippen LogP contribution in [0.5, 0.6) is 0 Å². The van der Waals surface area contributed by atoms with Gasteiger partial charge in [0.15, 0.2) is 11.9 Å².